The van der Waals surface area contributed by atoms with Gasteiger partial charge in [0.2, 0.25) is 0 Å². The summed E-state index contributed by atoms with van der Waals surface area (Å²) in [6.45, 7) is 10.3. The number of nitrogens with one attached hydrogen (secondary N) is 1. The molecule has 1 aliphatic rings. The van der Waals surface area contributed by atoms with E-state index in [0.717, 1.165) is 12.5 Å². The Morgan fingerprint density at radius 2 is 1.88 bits per heavy atom. The summed E-state index contributed by atoms with van der Waals surface area (Å²) in [5, 5.41) is 3.64. The van der Waals surface area contributed by atoms with Crippen molar-refractivity contribution in [2.45, 2.75) is 40.2 Å². The highest BCUT2D eigenvalue weighted by Crippen LogP contribution is 2.51. The maximum atomic E-state index is 3.64. The number of hydrogen-bond acceptors (Lipinski definition) is 1. The standard InChI is InChI=1S/C15H23N/c1-11-5-7-13(8-6-11)12(2)16-10-14-9-15(14,3)4/h5-8,12,14,16H,9-10H2,1-4H3. The second kappa shape index (κ2) is 4.21. The first kappa shape index (κ1) is 11.7. The third-order valence-corrected chi connectivity index (χ3v) is 3.97. The monoisotopic (exact) mass is 217 g/mol. The quantitative estimate of drug-likeness (QED) is 0.811. The Morgan fingerprint density at radius 1 is 1.31 bits per heavy atom. The second-order valence-corrected chi connectivity index (χ2v) is 5.93. The lowest BCUT2D eigenvalue weighted by Crippen LogP contribution is -2.22. The van der Waals surface area contributed by atoms with Gasteiger partial charge in [0.25, 0.3) is 0 Å². The van der Waals surface area contributed by atoms with E-state index < -0.39 is 0 Å². The molecular formula is C15H23N. The Kier molecular flexibility index (Phi) is 3.07. The molecule has 1 aromatic rings. The van der Waals surface area contributed by atoms with Crippen molar-refractivity contribution in [1.29, 1.82) is 0 Å². The van der Waals surface area contributed by atoms with Gasteiger partial charge in [-0.3, -0.25) is 0 Å². The molecule has 1 heteroatoms. The van der Waals surface area contributed by atoms with E-state index in [4.69, 9.17) is 0 Å². The molecule has 0 heterocycles. The fourth-order valence-corrected chi connectivity index (χ4v) is 2.22. The normalized spacial score (nSPS) is 24.1. The van der Waals surface area contributed by atoms with Crippen LogP contribution < -0.4 is 5.32 Å². The molecule has 16 heavy (non-hydrogen) atoms. The molecule has 0 aliphatic heterocycles. The maximum Gasteiger partial charge on any atom is 0.0291 e. The minimum Gasteiger partial charge on any atom is -0.310 e. The minimum absolute atomic E-state index is 0.469. The number of aryl methyl sites for hydroxylation is 1. The lowest BCUT2D eigenvalue weighted by molar-refractivity contribution is 0.485. The van der Waals surface area contributed by atoms with Gasteiger partial charge < -0.3 is 5.32 Å². The van der Waals surface area contributed by atoms with Crippen molar-refractivity contribution in [1.82, 2.24) is 5.32 Å². The summed E-state index contributed by atoms with van der Waals surface area (Å²) < 4.78 is 0. The van der Waals surface area contributed by atoms with Gasteiger partial charge in [-0.2, -0.15) is 0 Å². The molecule has 1 N–H and O–H groups in total. The molecule has 0 bridgehead atoms. The van der Waals surface area contributed by atoms with Crippen LogP contribution in [0.1, 0.15) is 44.4 Å². The molecule has 2 unspecified atom stereocenters. The topological polar surface area (TPSA) is 12.0 Å². The third kappa shape index (κ3) is 2.65. The minimum atomic E-state index is 0.469. The smallest absolute Gasteiger partial charge is 0.0291 e. The molecule has 1 nitrogen and oxygen atoms in total. The van der Waals surface area contributed by atoms with Gasteiger partial charge in [0.15, 0.2) is 0 Å². The van der Waals surface area contributed by atoms with Crippen LogP contribution in [0.3, 0.4) is 0 Å². The highest BCUT2D eigenvalue weighted by molar-refractivity contribution is 5.23. The first-order valence-corrected chi connectivity index (χ1v) is 6.29. The fraction of sp³-hybridized carbons (Fsp3) is 0.600. The van der Waals surface area contributed by atoms with Crippen molar-refractivity contribution in [3.05, 3.63) is 35.4 Å². The Hall–Kier alpha value is -0.820. The predicted octanol–water partition coefficient (Wildman–Crippen LogP) is 3.69. The molecule has 0 spiro atoms. The van der Waals surface area contributed by atoms with E-state index in [1.807, 2.05) is 0 Å². The van der Waals surface area contributed by atoms with Crippen LogP contribution in [0.25, 0.3) is 0 Å². The lowest BCUT2D eigenvalue weighted by atomic mass is 10.1. The van der Waals surface area contributed by atoms with Crippen LogP contribution in [0, 0.1) is 18.3 Å². The van der Waals surface area contributed by atoms with E-state index >= 15 is 0 Å². The molecule has 1 saturated carbocycles. The maximum absolute atomic E-state index is 3.64. The SMILES string of the molecule is Cc1ccc(C(C)NCC2CC2(C)C)cc1. The van der Waals surface area contributed by atoms with Crippen molar-refractivity contribution in [2.24, 2.45) is 11.3 Å². The van der Waals surface area contributed by atoms with Gasteiger partial charge in [-0.15, -0.1) is 0 Å². The Balaban J connectivity index is 1.84. The molecule has 0 aromatic heterocycles. The summed E-state index contributed by atoms with van der Waals surface area (Å²) in [7, 11) is 0. The molecule has 2 atom stereocenters. The van der Waals surface area contributed by atoms with E-state index in [2.05, 4.69) is 57.3 Å². The van der Waals surface area contributed by atoms with Gasteiger partial charge in [0, 0.05) is 6.04 Å². The summed E-state index contributed by atoms with van der Waals surface area (Å²) in [6.07, 6.45) is 1.38. The number of rotatable bonds is 4. The van der Waals surface area contributed by atoms with Crippen molar-refractivity contribution in [3.63, 3.8) is 0 Å². The summed E-state index contributed by atoms with van der Waals surface area (Å²) in [5.74, 6) is 0.875. The lowest BCUT2D eigenvalue weighted by Gasteiger charge is -2.15. The van der Waals surface area contributed by atoms with E-state index in [1.165, 1.54) is 17.5 Å². The zero-order valence-electron chi connectivity index (χ0n) is 10.9. The van der Waals surface area contributed by atoms with E-state index in [1.54, 1.807) is 0 Å². The molecule has 0 amide bonds. The van der Waals surface area contributed by atoms with Gasteiger partial charge >= 0.3 is 0 Å². The van der Waals surface area contributed by atoms with Crippen LogP contribution >= 0.6 is 0 Å². The zero-order valence-corrected chi connectivity index (χ0v) is 10.9. The van der Waals surface area contributed by atoms with Gasteiger partial charge in [0.05, 0.1) is 0 Å². The summed E-state index contributed by atoms with van der Waals surface area (Å²) in [5.41, 5.74) is 3.31. The third-order valence-electron chi connectivity index (χ3n) is 3.97. The predicted molar refractivity (Wildman–Crippen MR) is 69.5 cm³/mol. The highest BCUT2D eigenvalue weighted by atomic mass is 14.9. The molecule has 88 valence electrons. The van der Waals surface area contributed by atoms with E-state index in [9.17, 15) is 0 Å². The van der Waals surface area contributed by atoms with Crippen molar-refractivity contribution >= 4 is 0 Å². The number of benzene rings is 1. The molecule has 0 radical (unpaired) electrons. The van der Waals surface area contributed by atoms with E-state index in [-0.39, 0.29) is 0 Å². The fourth-order valence-electron chi connectivity index (χ4n) is 2.22. The van der Waals surface area contributed by atoms with Crippen LogP contribution in [0.2, 0.25) is 0 Å². The van der Waals surface area contributed by atoms with Crippen molar-refractivity contribution < 1.29 is 0 Å². The van der Waals surface area contributed by atoms with Crippen LogP contribution in [0.5, 0.6) is 0 Å². The summed E-state index contributed by atoms with van der Waals surface area (Å²) in [6, 6.07) is 9.30. The van der Waals surface area contributed by atoms with E-state index in [0.29, 0.717) is 11.5 Å². The Labute approximate surface area is 99.3 Å². The Bertz CT molecular complexity index is 350. The number of hydrogen-bond donors (Lipinski definition) is 1. The van der Waals surface area contributed by atoms with Crippen LogP contribution in [-0.2, 0) is 0 Å². The summed E-state index contributed by atoms with van der Waals surface area (Å²) in [4.78, 5) is 0. The van der Waals surface area contributed by atoms with Crippen LogP contribution in [-0.4, -0.2) is 6.54 Å². The first-order valence-electron chi connectivity index (χ1n) is 6.29. The largest absolute Gasteiger partial charge is 0.310 e. The molecule has 0 saturated heterocycles. The molecule has 1 aliphatic carbocycles. The van der Waals surface area contributed by atoms with Crippen LogP contribution in [0.4, 0.5) is 0 Å². The van der Waals surface area contributed by atoms with Gasteiger partial charge in [-0.25, -0.2) is 0 Å². The molecule has 1 fully saturated rings. The zero-order chi connectivity index (χ0) is 11.8. The van der Waals surface area contributed by atoms with Crippen molar-refractivity contribution in [3.8, 4) is 0 Å². The van der Waals surface area contributed by atoms with Gasteiger partial charge in [0.1, 0.15) is 0 Å². The average Bonchev–Trinajstić information content (AvgIpc) is 2.84. The van der Waals surface area contributed by atoms with Gasteiger partial charge in [-0.05, 0) is 43.7 Å². The second-order valence-electron chi connectivity index (χ2n) is 5.93. The molecular weight excluding hydrogens is 194 g/mol. The van der Waals surface area contributed by atoms with Gasteiger partial charge in [-0.1, -0.05) is 43.7 Å². The first-order chi connectivity index (χ1) is 7.49. The van der Waals surface area contributed by atoms with Crippen LogP contribution in [0.15, 0.2) is 24.3 Å². The molecule has 2 rings (SSSR count). The van der Waals surface area contributed by atoms with Crippen molar-refractivity contribution in [2.75, 3.05) is 6.54 Å². The average molecular weight is 217 g/mol. The summed E-state index contributed by atoms with van der Waals surface area (Å²) >= 11 is 0. The Morgan fingerprint density at radius 3 is 2.38 bits per heavy atom. The molecule has 1 aromatic carbocycles. The highest BCUT2D eigenvalue weighted by Gasteiger charge is 2.44.